The molecule has 2 aromatic carbocycles. The van der Waals surface area contributed by atoms with E-state index in [-0.39, 0.29) is 10.9 Å². The number of hydrogen-bond donors (Lipinski definition) is 2. The number of benzene rings is 2. The Morgan fingerprint density at radius 3 is 2.08 bits per heavy atom. The van der Waals surface area contributed by atoms with Gasteiger partial charge >= 0.3 is 6.03 Å². The molecule has 2 amide bonds. The van der Waals surface area contributed by atoms with E-state index in [0.717, 1.165) is 35.9 Å². The molecule has 1 saturated heterocycles. The summed E-state index contributed by atoms with van der Waals surface area (Å²) >= 11 is 2.16. The molecule has 1 aliphatic heterocycles. The zero-order valence-electron chi connectivity index (χ0n) is 14.1. The molecule has 2 aromatic rings. The average molecular weight is 485 g/mol. The number of nitrogens with zero attached hydrogens (tertiary/aromatic N) is 1. The van der Waals surface area contributed by atoms with E-state index in [4.69, 9.17) is 0 Å². The third kappa shape index (κ3) is 4.88. The zero-order valence-corrected chi connectivity index (χ0v) is 17.1. The summed E-state index contributed by atoms with van der Waals surface area (Å²) in [5.74, 6) is 0. The smallest absolute Gasteiger partial charge is 0.321 e. The molecule has 6 nitrogen and oxygen atoms in total. The second-order valence-electron chi connectivity index (χ2n) is 6.11. The molecule has 1 heterocycles. The third-order valence-electron chi connectivity index (χ3n) is 4.16. The van der Waals surface area contributed by atoms with Crippen LogP contribution in [0.4, 0.5) is 16.2 Å². The lowest BCUT2D eigenvalue weighted by Crippen LogP contribution is -2.38. The van der Waals surface area contributed by atoms with Crippen LogP contribution in [0.2, 0.25) is 0 Å². The van der Waals surface area contributed by atoms with Crippen LogP contribution in [0.1, 0.15) is 19.3 Å². The van der Waals surface area contributed by atoms with Gasteiger partial charge in [0.25, 0.3) is 10.0 Å². The Labute approximate surface area is 167 Å². The third-order valence-corrected chi connectivity index (χ3v) is 6.27. The highest BCUT2D eigenvalue weighted by atomic mass is 127. The van der Waals surface area contributed by atoms with Crippen molar-refractivity contribution in [1.29, 1.82) is 0 Å². The summed E-state index contributed by atoms with van der Waals surface area (Å²) in [6, 6.07) is 13.1. The van der Waals surface area contributed by atoms with Crippen molar-refractivity contribution in [2.45, 2.75) is 24.2 Å². The van der Waals surface area contributed by atoms with Crippen molar-refractivity contribution in [3.8, 4) is 0 Å². The van der Waals surface area contributed by atoms with Gasteiger partial charge < -0.3 is 10.2 Å². The first-order valence-electron chi connectivity index (χ1n) is 8.38. The van der Waals surface area contributed by atoms with Crippen molar-refractivity contribution in [3.63, 3.8) is 0 Å². The zero-order chi connectivity index (χ0) is 18.6. The number of carbonyl (C=O) groups is 1. The fraction of sp³-hybridized carbons (Fsp3) is 0.278. The highest BCUT2D eigenvalue weighted by molar-refractivity contribution is 14.1. The van der Waals surface area contributed by atoms with E-state index in [0.29, 0.717) is 11.4 Å². The molecule has 0 saturated carbocycles. The van der Waals surface area contributed by atoms with Gasteiger partial charge in [0.1, 0.15) is 0 Å². The SMILES string of the molecule is O=C(Nc1ccc(S(=O)(=O)Nc2ccc(I)cc2)cc1)N1CCCCC1. The number of nitrogens with one attached hydrogen (secondary N) is 2. The van der Waals surface area contributed by atoms with Crippen molar-refractivity contribution in [2.24, 2.45) is 0 Å². The Bertz CT molecular complexity index is 862. The lowest BCUT2D eigenvalue weighted by molar-refractivity contribution is 0.200. The minimum absolute atomic E-state index is 0.141. The molecule has 0 radical (unpaired) electrons. The number of amides is 2. The lowest BCUT2D eigenvalue weighted by Gasteiger charge is -2.26. The lowest BCUT2D eigenvalue weighted by atomic mass is 10.1. The van der Waals surface area contributed by atoms with Crippen LogP contribution in [-0.2, 0) is 10.0 Å². The first kappa shape index (κ1) is 19.0. The van der Waals surface area contributed by atoms with E-state index in [9.17, 15) is 13.2 Å². The summed E-state index contributed by atoms with van der Waals surface area (Å²) in [4.78, 5) is 14.1. The number of likely N-dealkylation sites (tertiary alicyclic amines) is 1. The molecule has 0 unspecified atom stereocenters. The molecule has 0 atom stereocenters. The Hall–Kier alpha value is -1.81. The van der Waals surface area contributed by atoms with Gasteiger partial charge in [0.2, 0.25) is 0 Å². The average Bonchev–Trinajstić information content (AvgIpc) is 2.64. The van der Waals surface area contributed by atoms with Crippen molar-refractivity contribution in [2.75, 3.05) is 23.1 Å². The largest absolute Gasteiger partial charge is 0.325 e. The summed E-state index contributed by atoms with van der Waals surface area (Å²) in [7, 11) is -3.67. The molecule has 0 spiro atoms. The maximum absolute atomic E-state index is 12.5. The molecule has 1 fully saturated rings. The quantitative estimate of drug-likeness (QED) is 0.640. The molecule has 2 N–H and O–H groups in total. The second-order valence-corrected chi connectivity index (χ2v) is 9.04. The molecule has 0 bridgehead atoms. The Morgan fingerprint density at radius 2 is 1.46 bits per heavy atom. The standard InChI is InChI=1S/C18H20IN3O3S/c19-14-4-6-16(7-5-14)21-26(24,25)17-10-8-15(9-11-17)20-18(23)22-12-2-1-3-13-22/h4-11,21H,1-3,12-13H2,(H,20,23). The Balaban J connectivity index is 1.66. The van der Waals surface area contributed by atoms with E-state index < -0.39 is 10.0 Å². The van der Waals surface area contributed by atoms with Gasteiger partial charge in [-0.25, -0.2) is 13.2 Å². The molecule has 0 aromatic heterocycles. The van der Waals surface area contributed by atoms with Gasteiger partial charge in [-0.1, -0.05) is 0 Å². The van der Waals surface area contributed by atoms with Crippen molar-refractivity contribution >= 4 is 50.0 Å². The number of hydrogen-bond acceptors (Lipinski definition) is 3. The van der Waals surface area contributed by atoms with Gasteiger partial charge in [-0.15, -0.1) is 0 Å². The summed E-state index contributed by atoms with van der Waals surface area (Å²) in [6.07, 6.45) is 3.20. The molecule has 1 aliphatic rings. The van der Waals surface area contributed by atoms with Gasteiger partial charge in [-0.05, 0) is 90.4 Å². The number of piperidine rings is 1. The Morgan fingerprint density at radius 1 is 0.885 bits per heavy atom. The van der Waals surface area contributed by atoms with Gasteiger partial charge in [-0.3, -0.25) is 4.72 Å². The predicted molar refractivity (Wildman–Crippen MR) is 111 cm³/mol. The van der Waals surface area contributed by atoms with E-state index in [1.165, 1.54) is 12.1 Å². The summed E-state index contributed by atoms with van der Waals surface area (Å²) in [6.45, 7) is 1.52. The maximum atomic E-state index is 12.5. The van der Waals surface area contributed by atoms with Gasteiger partial charge in [0.15, 0.2) is 0 Å². The van der Waals surface area contributed by atoms with E-state index in [1.807, 2.05) is 12.1 Å². The number of carbonyl (C=O) groups excluding carboxylic acids is 1. The van der Waals surface area contributed by atoms with E-state index >= 15 is 0 Å². The van der Waals surface area contributed by atoms with Crippen molar-refractivity contribution in [3.05, 3.63) is 52.1 Å². The predicted octanol–water partition coefficient (Wildman–Crippen LogP) is 4.11. The first-order chi connectivity index (χ1) is 12.4. The normalized spacial score (nSPS) is 14.7. The number of sulfonamides is 1. The molecule has 3 rings (SSSR count). The number of rotatable bonds is 4. The van der Waals surface area contributed by atoms with Crippen LogP contribution < -0.4 is 10.0 Å². The van der Waals surface area contributed by atoms with Crippen molar-refractivity contribution < 1.29 is 13.2 Å². The van der Waals surface area contributed by atoms with Crippen LogP contribution >= 0.6 is 22.6 Å². The molecule has 138 valence electrons. The summed E-state index contributed by atoms with van der Waals surface area (Å²) in [5, 5.41) is 2.82. The first-order valence-corrected chi connectivity index (χ1v) is 10.9. The highest BCUT2D eigenvalue weighted by Crippen LogP contribution is 2.20. The monoisotopic (exact) mass is 485 g/mol. The minimum Gasteiger partial charge on any atom is -0.325 e. The minimum atomic E-state index is -3.67. The molecular formula is C18H20IN3O3S. The van der Waals surface area contributed by atoms with Gasteiger partial charge in [0, 0.05) is 28.0 Å². The molecule has 8 heteroatoms. The van der Waals surface area contributed by atoms with Crippen LogP contribution in [0.3, 0.4) is 0 Å². The summed E-state index contributed by atoms with van der Waals surface area (Å²) < 4.78 is 28.5. The number of anilines is 2. The molecular weight excluding hydrogens is 465 g/mol. The van der Waals surface area contributed by atoms with E-state index in [2.05, 4.69) is 32.6 Å². The summed E-state index contributed by atoms with van der Waals surface area (Å²) in [5.41, 5.74) is 1.08. The van der Waals surface area contributed by atoms with Crippen LogP contribution in [0.15, 0.2) is 53.4 Å². The van der Waals surface area contributed by atoms with Crippen molar-refractivity contribution in [1.82, 2.24) is 4.90 Å². The van der Waals surface area contributed by atoms with Crippen LogP contribution in [-0.4, -0.2) is 32.4 Å². The number of halogens is 1. The van der Waals surface area contributed by atoms with Crippen LogP contribution in [0, 0.1) is 3.57 Å². The topological polar surface area (TPSA) is 78.5 Å². The van der Waals surface area contributed by atoms with Gasteiger partial charge in [-0.2, -0.15) is 0 Å². The maximum Gasteiger partial charge on any atom is 0.321 e. The van der Waals surface area contributed by atoms with E-state index in [1.54, 1.807) is 29.2 Å². The molecule has 0 aliphatic carbocycles. The van der Waals surface area contributed by atoms with Gasteiger partial charge in [0.05, 0.1) is 4.90 Å². The fourth-order valence-corrected chi connectivity index (χ4v) is 4.17. The van der Waals surface area contributed by atoms with Crippen LogP contribution in [0.5, 0.6) is 0 Å². The molecule has 26 heavy (non-hydrogen) atoms. The van der Waals surface area contributed by atoms with Crippen LogP contribution in [0.25, 0.3) is 0 Å². The Kier molecular flexibility index (Phi) is 6.02. The fourth-order valence-electron chi connectivity index (χ4n) is 2.75. The second kappa shape index (κ2) is 8.26. The number of urea groups is 1. The highest BCUT2D eigenvalue weighted by Gasteiger charge is 2.17.